The van der Waals surface area contributed by atoms with Crippen molar-refractivity contribution < 1.29 is 15.0 Å². The van der Waals surface area contributed by atoms with Crippen molar-refractivity contribution in [1.82, 2.24) is 4.98 Å². The maximum Gasteiger partial charge on any atom is 0.337 e. The van der Waals surface area contributed by atoms with E-state index >= 15 is 0 Å². The number of aromatic nitrogens is 1. The Labute approximate surface area is 102 Å². The number of hydrogen-bond acceptors (Lipinski definition) is 3. The summed E-state index contributed by atoms with van der Waals surface area (Å²) >= 11 is 5.94. The Kier molecular flexibility index (Phi) is 2.97. The molecule has 0 unspecified atom stereocenters. The molecular weight excluding hydrogens is 242 g/mol. The van der Waals surface area contributed by atoms with Crippen molar-refractivity contribution in [3.05, 3.63) is 47.1 Å². The third-order valence-electron chi connectivity index (χ3n) is 2.25. The van der Waals surface area contributed by atoms with E-state index in [1.165, 1.54) is 18.3 Å². The number of carbonyl (C=O) groups is 1. The van der Waals surface area contributed by atoms with Crippen LogP contribution in [-0.2, 0) is 0 Å². The molecule has 2 rings (SSSR count). The zero-order chi connectivity index (χ0) is 12.4. The fourth-order valence-electron chi connectivity index (χ4n) is 1.43. The molecule has 2 aromatic rings. The zero-order valence-electron chi connectivity index (χ0n) is 8.59. The summed E-state index contributed by atoms with van der Waals surface area (Å²) in [4.78, 5) is 14.7. The van der Waals surface area contributed by atoms with Crippen LogP contribution in [0.3, 0.4) is 0 Å². The standard InChI is InChI=1S/C12H8ClNO3/c13-9-5-7(12(16)17)6-14-11(9)8-3-1-2-4-10(8)15/h1-6,15H,(H,16,17). The second-order valence-electron chi connectivity index (χ2n) is 3.38. The molecule has 1 heterocycles. The molecule has 0 saturated heterocycles. The molecule has 0 aliphatic carbocycles. The smallest absolute Gasteiger partial charge is 0.337 e. The van der Waals surface area contributed by atoms with Gasteiger partial charge in [0, 0.05) is 11.8 Å². The van der Waals surface area contributed by atoms with Gasteiger partial charge in [-0.2, -0.15) is 0 Å². The monoisotopic (exact) mass is 249 g/mol. The first-order chi connectivity index (χ1) is 8.09. The van der Waals surface area contributed by atoms with Crippen LogP contribution in [-0.4, -0.2) is 21.2 Å². The number of aromatic carboxylic acids is 1. The van der Waals surface area contributed by atoms with Gasteiger partial charge in [-0.25, -0.2) is 4.79 Å². The van der Waals surface area contributed by atoms with Gasteiger partial charge in [0.2, 0.25) is 0 Å². The van der Waals surface area contributed by atoms with Gasteiger partial charge in [-0.05, 0) is 18.2 Å². The summed E-state index contributed by atoms with van der Waals surface area (Å²) in [5.41, 5.74) is 0.832. The molecule has 17 heavy (non-hydrogen) atoms. The van der Waals surface area contributed by atoms with Crippen LogP contribution in [0.1, 0.15) is 10.4 Å². The Morgan fingerprint density at radius 2 is 2.00 bits per heavy atom. The van der Waals surface area contributed by atoms with E-state index < -0.39 is 5.97 Å². The molecule has 0 atom stereocenters. The number of phenols is 1. The lowest BCUT2D eigenvalue weighted by atomic mass is 10.1. The second-order valence-corrected chi connectivity index (χ2v) is 3.78. The molecule has 86 valence electrons. The molecule has 0 amide bonds. The molecule has 0 aliphatic rings. The highest BCUT2D eigenvalue weighted by molar-refractivity contribution is 6.33. The molecule has 1 aromatic heterocycles. The summed E-state index contributed by atoms with van der Waals surface area (Å²) in [5.74, 6) is -1.05. The van der Waals surface area contributed by atoms with Crippen molar-refractivity contribution in [2.45, 2.75) is 0 Å². The number of rotatable bonds is 2. The number of carboxylic acids is 1. The number of phenolic OH excluding ortho intramolecular Hbond substituents is 1. The van der Waals surface area contributed by atoms with Crippen LogP contribution in [0.15, 0.2) is 36.5 Å². The number of para-hydroxylation sites is 1. The minimum absolute atomic E-state index is 0.00849. The Hall–Kier alpha value is -2.07. The first-order valence-electron chi connectivity index (χ1n) is 4.77. The SMILES string of the molecule is O=C(O)c1cnc(-c2ccccc2O)c(Cl)c1. The van der Waals surface area contributed by atoms with Gasteiger partial charge in [0.15, 0.2) is 0 Å². The fourth-order valence-corrected chi connectivity index (χ4v) is 1.70. The third kappa shape index (κ3) is 2.21. The van der Waals surface area contributed by atoms with Gasteiger partial charge in [-0.15, -0.1) is 0 Å². The van der Waals surface area contributed by atoms with E-state index in [0.29, 0.717) is 11.3 Å². The molecule has 2 N–H and O–H groups in total. The molecule has 0 aliphatic heterocycles. The highest BCUT2D eigenvalue weighted by atomic mass is 35.5. The summed E-state index contributed by atoms with van der Waals surface area (Å²) in [6.07, 6.45) is 1.20. The van der Waals surface area contributed by atoms with Gasteiger partial charge in [0.1, 0.15) is 5.75 Å². The third-order valence-corrected chi connectivity index (χ3v) is 2.54. The summed E-state index contributed by atoms with van der Waals surface area (Å²) in [6, 6.07) is 7.89. The maximum absolute atomic E-state index is 10.7. The number of hydrogen-bond donors (Lipinski definition) is 2. The van der Waals surface area contributed by atoms with Gasteiger partial charge < -0.3 is 10.2 Å². The van der Waals surface area contributed by atoms with Crippen LogP contribution in [0.4, 0.5) is 0 Å². The van der Waals surface area contributed by atoms with E-state index in [1.807, 2.05) is 0 Å². The van der Waals surface area contributed by atoms with Gasteiger partial charge in [-0.1, -0.05) is 23.7 Å². The maximum atomic E-state index is 10.7. The van der Waals surface area contributed by atoms with Crippen molar-refractivity contribution in [3.63, 3.8) is 0 Å². The Bertz CT molecular complexity index is 584. The number of aromatic hydroxyl groups is 1. The zero-order valence-corrected chi connectivity index (χ0v) is 9.35. The summed E-state index contributed by atoms with van der Waals surface area (Å²) in [6.45, 7) is 0. The van der Waals surface area contributed by atoms with Crippen molar-refractivity contribution >= 4 is 17.6 Å². The Morgan fingerprint density at radius 3 is 2.59 bits per heavy atom. The van der Waals surface area contributed by atoms with Crippen LogP contribution >= 0.6 is 11.6 Å². The molecule has 0 bridgehead atoms. The van der Waals surface area contributed by atoms with E-state index in [0.717, 1.165) is 0 Å². The van der Waals surface area contributed by atoms with Crippen LogP contribution in [0, 0.1) is 0 Å². The van der Waals surface area contributed by atoms with E-state index in [4.69, 9.17) is 16.7 Å². The molecule has 4 nitrogen and oxygen atoms in total. The molecule has 0 radical (unpaired) electrons. The number of pyridine rings is 1. The predicted octanol–water partition coefficient (Wildman–Crippen LogP) is 2.81. The fraction of sp³-hybridized carbons (Fsp3) is 0. The summed E-state index contributed by atoms with van der Waals surface area (Å²) < 4.78 is 0. The highest BCUT2D eigenvalue weighted by Gasteiger charge is 2.12. The number of carboxylic acid groups (broad SMARTS) is 1. The Morgan fingerprint density at radius 1 is 1.29 bits per heavy atom. The van der Waals surface area contributed by atoms with E-state index in [-0.39, 0.29) is 16.3 Å². The molecule has 0 saturated carbocycles. The van der Waals surface area contributed by atoms with Crippen molar-refractivity contribution in [3.8, 4) is 17.0 Å². The lowest BCUT2D eigenvalue weighted by Crippen LogP contribution is -1.98. The highest BCUT2D eigenvalue weighted by Crippen LogP contribution is 2.32. The predicted molar refractivity (Wildman–Crippen MR) is 63.3 cm³/mol. The molecular formula is C12H8ClNO3. The average molecular weight is 250 g/mol. The van der Waals surface area contributed by atoms with E-state index in [2.05, 4.69) is 4.98 Å². The largest absolute Gasteiger partial charge is 0.507 e. The van der Waals surface area contributed by atoms with E-state index in [9.17, 15) is 9.90 Å². The van der Waals surface area contributed by atoms with Crippen molar-refractivity contribution in [1.29, 1.82) is 0 Å². The van der Waals surface area contributed by atoms with Gasteiger partial charge in [-0.3, -0.25) is 4.98 Å². The van der Waals surface area contributed by atoms with Gasteiger partial charge in [0.25, 0.3) is 0 Å². The number of halogens is 1. The number of nitrogens with zero attached hydrogens (tertiary/aromatic N) is 1. The lowest BCUT2D eigenvalue weighted by molar-refractivity contribution is 0.0696. The van der Waals surface area contributed by atoms with Crippen molar-refractivity contribution in [2.75, 3.05) is 0 Å². The normalized spacial score (nSPS) is 10.2. The topological polar surface area (TPSA) is 70.4 Å². The van der Waals surface area contributed by atoms with E-state index in [1.54, 1.807) is 18.2 Å². The first kappa shape index (κ1) is 11.4. The summed E-state index contributed by atoms with van der Waals surface area (Å²) in [5, 5.41) is 18.6. The van der Waals surface area contributed by atoms with Crippen LogP contribution in [0.25, 0.3) is 11.3 Å². The van der Waals surface area contributed by atoms with Gasteiger partial charge >= 0.3 is 5.97 Å². The minimum Gasteiger partial charge on any atom is -0.507 e. The minimum atomic E-state index is -1.09. The first-order valence-corrected chi connectivity index (χ1v) is 5.14. The van der Waals surface area contributed by atoms with Crippen LogP contribution < -0.4 is 0 Å². The molecule has 5 heteroatoms. The summed E-state index contributed by atoms with van der Waals surface area (Å²) in [7, 11) is 0. The lowest BCUT2D eigenvalue weighted by Gasteiger charge is -2.06. The quantitative estimate of drug-likeness (QED) is 0.859. The van der Waals surface area contributed by atoms with Crippen molar-refractivity contribution in [2.24, 2.45) is 0 Å². The van der Waals surface area contributed by atoms with Crippen LogP contribution in [0.5, 0.6) is 5.75 Å². The van der Waals surface area contributed by atoms with Gasteiger partial charge in [0.05, 0.1) is 16.3 Å². The van der Waals surface area contributed by atoms with Crippen LogP contribution in [0.2, 0.25) is 5.02 Å². The average Bonchev–Trinajstić information content (AvgIpc) is 2.30. The molecule has 1 aromatic carbocycles. The molecule has 0 fully saturated rings. The Balaban J connectivity index is 2.55. The molecule has 0 spiro atoms. The number of benzene rings is 1. The second kappa shape index (κ2) is 4.43.